The first kappa shape index (κ1) is 17.2. The van der Waals surface area contributed by atoms with Crippen molar-refractivity contribution in [1.82, 2.24) is 10.6 Å². The van der Waals surface area contributed by atoms with Gasteiger partial charge >= 0.3 is 6.09 Å². The van der Waals surface area contributed by atoms with Gasteiger partial charge in [-0.25, -0.2) is 4.79 Å². The number of nitrogens with one attached hydrogen (secondary N) is 2. The van der Waals surface area contributed by atoms with Crippen LogP contribution in [0.5, 0.6) is 0 Å². The fraction of sp³-hybridized carbons (Fsp3) is 0.929. The maximum Gasteiger partial charge on any atom is 0.407 e. The summed E-state index contributed by atoms with van der Waals surface area (Å²) >= 11 is 0. The summed E-state index contributed by atoms with van der Waals surface area (Å²) in [6.07, 6.45) is 0.833. The minimum absolute atomic E-state index is 0.0940. The number of ether oxygens (including phenoxy) is 3. The average molecular weight is 288 g/mol. The SMILES string of the molecule is CCOC1CC(NCCNC(=O)OC(C)(C)C)C1OC. The van der Waals surface area contributed by atoms with Crippen molar-refractivity contribution in [3.8, 4) is 0 Å². The summed E-state index contributed by atoms with van der Waals surface area (Å²) in [5, 5.41) is 6.07. The van der Waals surface area contributed by atoms with Crippen LogP contribution in [0.4, 0.5) is 4.79 Å². The Labute approximate surface area is 121 Å². The molecule has 0 radical (unpaired) electrons. The molecule has 3 atom stereocenters. The Kier molecular flexibility index (Phi) is 6.71. The van der Waals surface area contributed by atoms with E-state index in [-0.39, 0.29) is 24.3 Å². The van der Waals surface area contributed by atoms with Crippen molar-refractivity contribution in [3.05, 3.63) is 0 Å². The van der Waals surface area contributed by atoms with Crippen molar-refractivity contribution in [2.45, 2.75) is 58.0 Å². The Morgan fingerprint density at radius 2 is 2.00 bits per heavy atom. The Bertz CT molecular complexity index is 304. The van der Waals surface area contributed by atoms with Crippen LogP contribution in [0, 0.1) is 0 Å². The van der Waals surface area contributed by atoms with Crippen molar-refractivity contribution in [1.29, 1.82) is 0 Å². The van der Waals surface area contributed by atoms with Gasteiger partial charge in [-0.15, -0.1) is 0 Å². The molecule has 0 spiro atoms. The lowest BCUT2D eigenvalue weighted by Gasteiger charge is -2.43. The second-order valence-corrected chi connectivity index (χ2v) is 5.92. The number of hydrogen-bond acceptors (Lipinski definition) is 5. The minimum atomic E-state index is -0.461. The molecule has 0 aromatic rings. The molecule has 1 aliphatic carbocycles. The van der Waals surface area contributed by atoms with Crippen LogP contribution in [0.25, 0.3) is 0 Å². The third kappa shape index (κ3) is 5.64. The highest BCUT2D eigenvalue weighted by Gasteiger charge is 2.41. The summed E-state index contributed by atoms with van der Waals surface area (Å²) in [4.78, 5) is 11.4. The molecule has 0 saturated heterocycles. The Hall–Kier alpha value is -0.850. The molecule has 0 aliphatic heterocycles. The van der Waals surface area contributed by atoms with Gasteiger partial charge in [0.15, 0.2) is 0 Å². The largest absolute Gasteiger partial charge is 0.444 e. The van der Waals surface area contributed by atoms with Gasteiger partial charge in [0.2, 0.25) is 0 Å². The van der Waals surface area contributed by atoms with E-state index >= 15 is 0 Å². The molecule has 118 valence electrons. The predicted octanol–water partition coefficient (Wildman–Crippen LogP) is 1.29. The molecule has 3 unspecified atom stereocenters. The fourth-order valence-electron chi connectivity index (χ4n) is 2.21. The number of hydrogen-bond donors (Lipinski definition) is 2. The second kappa shape index (κ2) is 7.81. The van der Waals surface area contributed by atoms with Gasteiger partial charge in [-0.3, -0.25) is 0 Å². The molecule has 1 saturated carbocycles. The zero-order valence-electron chi connectivity index (χ0n) is 13.2. The Morgan fingerprint density at radius 1 is 1.30 bits per heavy atom. The summed E-state index contributed by atoms with van der Waals surface area (Å²) in [6, 6.07) is 0.289. The smallest absolute Gasteiger partial charge is 0.407 e. The molecule has 20 heavy (non-hydrogen) atoms. The van der Waals surface area contributed by atoms with E-state index in [0.29, 0.717) is 19.7 Å². The number of rotatable bonds is 7. The highest BCUT2D eigenvalue weighted by molar-refractivity contribution is 5.67. The monoisotopic (exact) mass is 288 g/mol. The predicted molar refractivity (Wildman–Crippen MR) is 76.9 cm³/mol. The van der Waals surface area contributed by atoms with E-state index in [1.807, 2.05) is 27.7 Å². The fourth-order valence-corrected chi connectivity index (χ4v) is 2.21. The number of carbonyl (C=O) groups excluding carboxylic acids is 1. The third-order valence-corrected chi connectivity index (χ3v) is 3.10. The number of amides is 1. The van der Waals surface area contributed by atoms with Crippen LogP contribution in [0.15, 0.2) is 0 Å². The van der Waals surface area contributed by atoms with E-state index in [1.54, 1.807) is 7.11 Å². The molecule has 1 aliphatic rings. The molecule has 6 heteroatoms. The lowest BCUT2D eigenvalue weighted by molar-refractivity contribution is -0.131. The van der Waals surface area contributed by atoms with E-state index in [2.05, 4.69) is 10.6 Å². The maximum atomic E-state index is 11.4. The summed E-state index contributed by atoms with van der Waals surface area (Å²) in [5.74, 6) is 0. The highest BCUT2D eigenvalue weighted by atomic mass is 16.6. The van der Waals surface area contributed by atoms with Crippen molar-refractivity contribution in [2.24, 2.45) is 0 Å². The lowest BCUT2D eigenvalue weighted by Crippen LogP contribution is -2.60. The number of methoxy groups -OCH3 is 1. The van der Waals surface area contributed by atoms with Gasteiger partial charge in [0.05, 0.1) is 12.2 Å². The minimum Gasteiger partial charge on any atom is -0.444 e. The van der Waals surface area contributed by atoms with E-state index in [9.17, 15) is 4.79 Å². The van der Waals surface area contributed by atoms with Gasteiger partial charge in [0.25, 0.3) is 0 Å². The van der Waals surface area contributed by atoms with Crippen LogP contribution in [-0.4, -0.2) is 56.8 Å². The number of carbonyl (C=O) groups is 1. The third-order valence-electron chi connectivity index (χ3n) is 3.10. The van der Waals surface area contributed by atoms with Crippen molar-refractivity contribution < 1.29 is 19.0 Å². The van der Waals surface area contributed by atoms with Gasteiger partial charge in [-0.1, -0.05) is 0 Å². The summed E-state index contributed by atoms with van der Waals surface area (Å²) in [7, 11) is 1.70. The molecule has 2 N–H and O–H groups in total. The van der Waals surface area contributed by atoms with Gasteiger partial charge in [0.1, 0.15) is 5.60 Å². The van der Waals surface area contributed by atoms with E-state index in [4.69, 9.17) is 14.2 Å². The van der Waals surface area contributed by atoms with Gasteiger partial charge in [-0.2, -0.15) is 0 Å². The van der Waals surface area contributed by atoms with Crippen LogP contribution >= 0.6 is 0 Å². The van der Waals surface area contributed by atoms with Crippen molar-refractivity contribution in [2.75, 3.05) is 26.8 Å². The van der Waals surface area contributed by atoms with Crippen LogP contribution in [-0.2, 0) is 14.2 Å². The lowest BCUT2D eigenvalue weighted by atomic mass is 9.85. The quantitative estimate of drug-likeness (QED) is 0.691. The molecule has 0 heterocycles. The summed E-state index contributed by atoms with van der Waals surface area (Å²) in [5.41, 5.74) is -0.461. The topological polar surface area (TPSA) is 68.8 Å². The van der Waals surface area contributed by atoms with Gasteiger partial charge in [-0.05, 0) is 34.1 Å². The Balaban J connectivity index is 2.12. The molecule has 0 aromatic carbocycles. The molecular formula is C14H28N2O4. The molecule has 1 fully saturated rings. The maximum absolute atomic E-state index is 11.4. The second-order valence-electron chi connectivity index (χ2n) is 5.92. The number of alkyl carbamates (subject to hydrolysis) is 1. The zero-order valence-corrected chi connectivity index (χ0v) is 13.2. The molecule has 0 bridgehead atoms. The summed E-state index contributed by atoms with van der Waals surface area (Å²) < 4.78 is 16.1. The van der Waals surface area contributed by atoms with Crippen molar-refractivity contribution in [3.63, 3.8) is 0 Å². The van der Waals surface area contributed by atoms with Gasteiger partial charge in [0, 0.05) is 32.8 Å². The summed E-state index contributed by atoms with van der Waals surface area (Å²) in [6.45, 7) is 9.43. The first-order valence-electron chi connectivity index (χ1n) is 7.22. The van der Waals surface area contributed by atoms with Gasteiger partial charge < -0.3 is 24.8 Å². The molecule has 0 aromatic heterocycles. The van der Waals surface area contributed by atoms with E-state index < -0.39 is 5.60 Å². The van der Waals surface area contributed by atoms with E-state index in [1.165, 1.54) is 0 Å². The van der Waals surface area contributed by atoms with Crippen LogP contribution in [0.3, 0.4) is 0 Å². The normalized spacial score (nSPS) is 25.9. The Morgan fingerprint density at radius 3 is 2.55 bits per heavy atom. The molecule has 6 nitrogen and oxygen atoms in total. The first-order chi connectivity index (χ1) is 9.37. The first-order valence-corrected chi connectivity index (χ1v) is 7.22. The standard InChI is InChI=1S/C14H28N2O4/c1-6-19-11-9-10(12(11)18-5)15-7-8-16-13(17)20-14(2,3)4/h10-12,15H,6-9H2,1-5H3,(H,16,17). The van der Waals surface area contributed by atoms with Crippen LogP contribution in [0.2, 0.25) is 0 Å². The average Bonchev–Trinajstić information content (AvgIpc) is 2.29. The van der Waals surface area contributed by atoms with Crippen molar-refractivity contribution >= 4 is 6.09 Å². The zero-order chi connectivity index (χ0) is 15.2. The highest BCUT2D eigenvalue weighted by Crippen LogP contribution is 2.26. The molecule has 1 rings (SSSR count). The van der Waals surface area contributed by atoms with Crippen LogP contribution in [0.1, 0.15) is 34.1 Å². The van der Waals surface area contributed by atoms with E-state index in [0.717, 1.165) is 6.42 Å². The molecular weight excluding hydrogens is 260 g/mol. The molecule has 1 amide bonds. The van der Waals surface area contributed by atoms with Crippen LogP contribution < -0.4 is 10.6 Å².